The monoisotopic (exact) mass is 390 g/mol. The van der Waals surface area contributed by atoms with Crippen LogP contribution >= 0.6 is 11.6 Å². The van der Waals surface area contributed by atoms with Gasteiger partial charge in [0.2, 0.25) is 0 Å². The van der Waals surface area contributed by atoms with Crippen molar-refractivity contribution in [2.75, 3.05) is 4.90 Å². The second-order valence-corrected chi connectivity index (χ2v) is 6.79. The summed E-state index contributed by atoms with van der Waals surface area (Å²) in [4.78, 5) is 39.0. The summed E-state index contributed by atoms with van der Waals surface area (Å²) in [7, 11) is 0. The van der Waals surface area contributed by atoms with E-state index >= 15 is 0 Å². The summed E-state index contributed by atoms with van der Waals surface area (Å²) in [5.74, 6) is -1.18. The van der Waals surface area contributed by atoms with Crippen LogP contribution in [0.2, 0.25) is 5.02 Å². The third kappa shape index (κ3) is 3.28. The number of carbonyl (C=O) groups is 3. The van der Waals surface area contributed by atoms with Crippen molar-refractivity contribution in [3.05, 3.63) is 100 Å². The Morgan fingerprint density at radius 2 is 1.54 bits per heavy atom. The average molecular weight is 391 g/mol. The molecule has 0 aromatic heterocycles. The van der Waals surface area contributed by atoms with Gasteiger partial charge in [-0.05, 0) is 48.0 Å². The number of nitrogens with one attached hydrogen (secondary N) is 1. The van der Waals surface area contributed by atoms with Gasteiger partial charge in [0, 0.05) is 17.1 Å². The molecule has 1 aliphatic heterocycles. The number of rotatable bonds is 4. The van der Waals surface area contributed by atoms with Crippen LogP contribution in [0.15, 0.2) is 72.8 Å². The first-order chi connectivity index (χ1) is 13.5. The summed E-state index contributed by atoms with van der Waals surface area (Å²) in [6.07, 6.45) is 0. The van der Waals surface area contributed by atoms with E-state index in [0.717, 1.165) is 10.5 Å². The molecule has 0 spiro atoms. The molecule has 0 saturated carbocycles. The summed E-state index contributed by atoms with van der Waals surface area (Å²) in [5.41, 5.74) is 2.23. The van der Waals surface area contributed by atoms with E-state index in [2.05, 4.69) is 5.32 Å². The van der Waals surface area contributed by atoms with Crippen LogP contribution in [0.4, 0.5) is 5.69 Å². The summed E-state index contributed by atoms with van der Waals surface area (Å²) in [6.45, 7) is 0.376. The number of amides is 3. The zero-order valence-electron chi connectivity index (χ0n) is 14.7. The van der Waals surface area contributed by atoms with Crippen molar-refractivity contribution in [1.82, 2.24) is 5.32 Å². The van der Waals surface area contributed by atoms with Crippen molar-refractivity contribution in [1.29, 1.82) is 0 Å². The molecule has 3 aromatic carbocycles. The van der Waals surface area contributed by atoms with Crippen LogP contribution in [0.3, 0.4) is 0 Å². The van der Waals surface area contributed by atoms with Crippen molar-refractivity contribution < 1.29 is 14.4 Å². The van der Waals surface area contributed by atoms with Gasteiger partial charge in [-0.25, -0.2) is 4.90 Å². The number of benzene rings is 3. The molecule has 4 rings (SSSR count). The Morgan fingerprint density at radius 3 is 2.25 bits per heavy atom. The minimum Gasteiger partial charge on any atom is -0.348 e. The lowest BCUT2D eigenvalue weighted by Crippen LogP contribution is -2.29. The summed E-state index contributed by atoms with van der Waals surface area (Å²) < 4.78 is 0. The zero-order chi connectivity index (χ0) is 19.7. The molecule has 28 heavy (non-hydrogen) atoms. The predicted molar refractivity (Wildman–Crippen MR) is 107 cm³/mol. The van der Waals surface area contributed by atoms with Gasteiger partial charge in [-0.15, -0.1) is 0 Å². The lowest BCUT2D eigenvalue weighted by molar-refractivity contribution is 0.0923. The molecule has 0 fully saturated rings. The Balaban J connectivity index is 1.56. The third-order valence-electron chi connectivity index (χ3n) is 4.53. The molecule has 0 radical (unpaired) electrons. The fraction of sp³-hybridized carbons (Fsp3) is 0.0455. The predicted octanol–water partition coefficient (Wildman–Crippen LogP) is 4.07. The molecule has 0 atom stereocenters. The van der Waals surface area contributed by atoms with Crippen LogP contribution < -0.4 is 10.2 Å². The second-order valence-electron chi connectivity index (χ2n) is 6.35. The van der Waals surface area contributed by atoms with Gasteiger partial charge in [0.15, 0.2) is 0 Å². The lowest BCUT2D eigenvalue weighted by atomic mass is 10.1. The maximum absolute atomic E-state index is 12.8. The third-order valence-corrected chi connectivity index (χ3v) is 4.78. The maximum atomic E-state index is 12.8. The Hall–Kier alpha value is -3.44. The number of anilines is 1. The largest absolute Gasteiger partial charge is 0.348 e. The highest BCUT2D eigenvalue weighted by Crippen LogP contribution is 2.29. The molecular formula is C22H15ClN2O3. The molecule has 3 aromatic rings. The first-order valence-corrected chi connectivity index (χ1v) is 9.03. The molecule has 0 bridgehead atoms. The number of hydrogen-bond donors (Lipinski definition) is 1. The van der Waals surface area contributed by atoms with Gasteiger partial charge in [0.25, 0.3) is 17.7 Å². The molecule has 1 aliphatic rings. The van der Waals surface area contributed by atoms with Gasteiger partial charge in [0.1, 0.15) is 0 Å². The van der Waals surface area contributed by atoms with Crippen LogP contribution in [-0.4, -0.2) is 17.7 Å². The smallest absolute Gasteiger partial charge is 0.266 e. The first-order valence-electron chi connectivity index (χ1n) is 8.65. The van der Waals surface area contributed by atoms with Gasteiger partial charge in [-0.2, -0.15) is 0 Å². The molecule has 1 N–H and O–H groups in total. The molecule has 5 nitrogen and oxygen atoms in total. The van der Waals surface area contributed by atoms with Crippen molar-refractivity contribution >= 4 is 35.0 Å². The first kappa shape index (κ1) is 17.9. The van der Waals surface area contributed by atoms with Crippen molar-refractivity contribution in [3.63, 3.8) is 0 Å². The van der Waals surface area contributed by atoms with E-state index in [9.17, 15) is 14.4 Å². The number of fused-ring (bicyclic) bond motifs is 1. The van der Waals surface area contributed by atoms with E-state index in [1.807, 2.05) is 30.3 Å². The zero-order valence-corrected chi connectivity index (χ0v) is 15.4. The van der Waals surface area contributed by atoms with Gasteiger partial charge < -0.3 is 5.32 Å². The second kappa shape index (κ2) is 7.29. The van der Waals surface area contributed by atoms with Crippen molar-refractivity contribution in [3.8, 4) is 0 Å². The number of hydrogen-bond acceptors (Lipinski definition) is 3. The van der Waals surface area contributed by atoms with E-state index in [-0.39, 0.29) is 17.0 Å². The van der Waals surface area contributed by atoms with Crippen LogP contribution in [0.25, 0.3) is 0 Å². The molecule has 138 valence electrons. The van der Waals surface area contributed by atoms with Crippen LogP contribution in [0.1, 0.15) is 36.6 Å². The highest BCUT2D eigenvalue weighted by Gasteiger charge is 2.37. The fourth-order valence-corrected chi connectivity index (χ4v) is 3.21. The fourth-order valence-electron chi connectivity index (χ4n) is 3.09. The Morgan fingerprint density at radius 1 is 0.857 bits per heavy atom. The van der Waals surface area contributed by atoms with Crippen LogP contribution in [0, 0.1) is 0 Å². The molecule has 6 heteroatoms. The molecule has 0 unspecified atom stereocenters. The SMILES string of the molecule is O=C(NCc1ccccc1)c1ccc2c(c1)C(=O)N(c1ccc(Cl)cc1)C2=O. The van der Waals surface area contributed by atoms with Crippen molar-refractivity contribution in [2.45, 2.75) is 6.54 Å². The number of nitrogens with zero attached hydrogens (tertiary/aromatic N) is 1. The highest BCUT2D eigenvalue weighted by atomic mass is 35.5. The van der Waals surface area contributed by atoms with E-state index < -0.39 is 11.8 Å². The van der Waals surface area contributed by atoms with E-state index in [1.165, 1.54) is 12.1 Å². The van der Waals surface area contributed by atoms with E-state index in [0.29, 0.717) is 22.8 Å². The Bertz CT molecular complexity index is 1080. The van der Waals surface area contributed by atoms with E-state index in [4.69, 9.17) is 11.6 Å². The maximum Gasteiger partial charge on any atom is 0.266 e. The average Bonchev–Trinajstić information content (AvgIpc) is 2.97. The molecule has 0 saturated heterocycles. The van der Waals surface area contributed by atoms with Gasteiger partial charge in [-0.3, -0.25) is 14.4 Å². The lowest BCUT2D eigenvalue weighted by Gasteiger charge is -2.13. The molecular weight excluding hydrogens is 376 g/mol. The summed E-state index contributed by atoms with van der Waals surface area (Å²) >= 11 is 5.88. The molecule has 0 aliphatic carbocycles. The van der Waals surface area contributed by atoms with Crippen molar-refractivity contribution in [2.24, 2.45) is 0 Å². The van der Waals surface area contributed by atoms with Gasteiger partial charge in [0.05, 0.1) is 16.8 Å². The molecule has 1 heterocycles. The van der Waals surface area contributed by atoms with E-state index in [1.54, 1.807) is 30.3 Å². The minimum atomic E-state index is -0.458. The summed E-state index contributed by atoms with van der Waals surface area (Å²) in [5, 5.41) is 3.33. The topological polar surface area (TPSA) is 66.5 Å². The normalized spacial score (nSPS) is 12.8. The minimum absolute atomic E-state index is 0.215. The number of carbonyl (C=O) groups excluding carboxylic acids is 3. The standard InChI is InChI=1S/C22H15ClN2O3/c23-16-7-9-17(10-8-16)25-21(27)18-11-6-15(12-19(18)22(25)28)20(26)24-13-14-4-2-1-3-5-14/h1-12H,13H2,(H,24,26). The van der Waals surface area contributed by atoms with Gasteiger partial charge >= 0.3 is 0 Å². The quantitative estimate of drug-likeness (QED) is 0.683. The Kier molecular flexibility index (Phi) is 4.67. The molecule has 3 amide bonds. The van der Waals surface area contributed by atoms with Crippen LogP contribution in [0.5, 0.6) is 0 Å². The highest BCUT2D eigenvalue weighted by molar-refractivity contribution is 6.35. The Labute approximate surface area is 166 Å². The number of imide groups is 1. The number of halogens is 1. The summed E-state index contributed by atoms with van der Waals surface area (Å²) in [6, 6.07) is 20.5. The van der Waals surface area contributed by atoms with Gasteiger partial charge in [-0.1, -0.05) is 41.9 Å². The van der Waals surface area contributed by atoms with Crippen LogP contribution in [-0.2, 0) is 6.54 Å².